The fourth-order valence-corrected chi connectivity index (χ4v) is 4.40. The summed E-state index contributed by atoms with van der Waals surface area (Å²) in [5, 5.41) is 0. The lowest BCUT2D eigenvalue weighted by atomic mass is 9.92. The summed E-state index contributed by atoms with van der Waals surface area (Å²) in [6.07, 6.45) is 4.72. The van der Waals surface area contributed by atoms with E-state index in [4.69, 9.17) is 4.74 Å². The molecule has 2 amide bonds. The lowest BCUT2D eigenvalue weighted by molar-refractivity contribution is -0.139. The minimum Gasteiger partial charge on any atom is -0.378 e. The standard InChI is InChI=1S/C18H24N2O5S/c21-17-7-8-18(22)20(17)10-12-25-11-9-19-26(23,24)16-6-5-14-3-1-2-4-15(14)13-16/h5-6,13,19H,1-4,7-12H2. The molecule has 2 aliphatic rings. The Morgan fingerprint density at radius 1 is 0.962 bits per heavy atom. The number of amides is 2. The van der Waals surface area contributed by atoms with Crippen LogP contribution in [0.25, 0.3) is 0 Å². The molecule has 0 bridgehead atoms. The molecule has 1 aromatic rings. The summed E-state index contributed by atoms with van der Waals surface area (Å²) in [7, 11) is -3.56. The summed E-state index contributed by atoms with van der Waals surface area (Å²) in [6, 6.07) is 5.32. The number of sulfonamides is 1. The Balaban J connectivity index is 1.42. The normalized spacial score (nSPS) is 17.6. The molecule has 7 nitrogen and oxygen atoms in total. The Morgan fingerprint density at radius 2 is 1.65 bits per heavy atom. The second-order valence-corrected chi connectivity index (χ2v) is 8.35. The summed E-state index contributed by atoms with van der Waals surface area (Å²) < 4.78 is 32.6. The number of aryl methyl sites for hydroxylation is 2. The van der Waals surface area contributed by atoms with Crippen LogP contribution in [0.3, 0.4) is 0 Å². The van der Waals surface area contributed by atoms with Crippen LogP contribution in [0.1, 0.15) is 36.8 Å². The number of nitrogens with zero attached hydrogens (tertiary/aromatic N) is 1. The van der Waals surface area contributed by atoms with E-state index in [1.807, 2.05) is 6.07 Å². The van der Waals surface area contributed by atoms with Gasteiger partial charge in [-0.25, -0.2) is 13.1 Å². The number of carbonyl (C=O) groups excluding carboxylic acids is 2. The van der Waals surface area contributed by atoms with E-state index in [1.54, 1.807) is 12.1 Å². The first-order valence-corrected chi connectivity index (χ1v) is 10.5. The quantitative estimate of drug-likeness (QED) is 0.537. The van der Waals surface area contributed by atoms with Crippen LogP contribution in [0.15, 0.2) is 23.1 Å². The van der Waals surface area contributed by atoms with Gasteiger partial charge in [-0.05, 0) is 48.9 Å². The van der Waals surface area contributed by atoms with Crippen LogP contribution in [-0.4, -0.2) is 51.4 Å². The number of nitrogens with one attached hydrogen (secondary N) is 1. The molecule has 0 aromatic heterocycles. The molecule has 1 aromatic carbocycles. The van der Waals surface area contributed by atoms with Gasteiger partial charge < -0.3 is 4.74 Å². The van der Waals surface area contributed by atoms with E-state index in [9.17, 15) is 18.0 Å². The van der Waals surface area contributed by atoms with Gasteiger partial charge in [0.1, 0.15) is 0 Å². The van der Waals surface area contributed by atoms with Crippen molar-refractivity contribution in [2.45, 2.75) is 43.4 Å². The molecule has 0 unspecified atom stereocenters. The molecule has 1 N–H and O–H groups in total. The minimum absolute atomic E-state index is 0.140. The molecule has 0 spiro atoms. The van der Waals surface area contributed by atoms with Crippen molar-refractivity contribution in [3.05, 3.63) is 29.3 Å². The Morgan fingerprint density at radius 3 is 2.38 bits per heavy atom. The van der Waals surface area contributed by atoms with Gasteiger partial charge in [0.05, 0.1) is 24.7 Å². The summed E-state index contributed by atoms with van der Waals surface area (Å²) in [5.41, 5.74) is 2.36. The van der Waals surface area contributed by atoms with Gasteiger partial charge in [-0.1, -0.05) is 6.07 Å². The molecule has 0 radical (unpaired) electrons. The molecule has 26 heavy (non-hydrogen) atoms. The molecule has 1 aliphatic heterocycles. The lowest BCUT2D eigenvalue weighted by Crippen LogP contribution is -2.33. The highest BCUT2D eigenvalue weighted by atomic mass is 32.2. The maximum atomic E-state index is 12.4. The molecule has 1 fully saturated rings. The van der Waals surface area contributed by atoms with E-state index < -0.39 is 10.0 Å². The summed E-state index contributed by atoms with van der Waals surface area (Å²) >= 11 is 0. The van der Waals surface area contributed by atoms with Crippen LogP contribution in [-0.2, 0) is 37.2 Å². The Hall–Kier alpha value is -1.77. The largest absolute Gasteiger partial charge is 0.378 e. The van der Waals surface area contributed by atoms with Gasteiger partial charge in [-0.15, -0.1) is 0 Å². The highest BCUT2D eigenvalue weighted by Crippen LogP contribution is 2.23. The second kappa shape index (κ2) is 8.28. The van der Waals surface area contributed by atoms with Crippen molar-refractivity contribution in [1.29, 1.82) is 0 Å². The van der Waals surface area contributed by atoms with E-state index in [1.165, 1.54) is 10.5 Å². The van der Waals surface area contributed by atoms with Crippen LogP contribution >= 0.6 is 0 Å². The van der Waals surface area contributed by atoms with E-state index in [2.05, 4.69) is 4.72 Å². The predicted octanol–water partition coefficient (Wildman–Crippen LogP) is 1.01. The van der Waals surface area contributed by atoms with Crippen LogP contribution in [0, 0.1) is 0 Å². The third-order valence-electron chi connectivity index (χ3n) is 4.78. The first-order valence-electron chi connectivity index (χ1n) is 9.00. The van der Waals surface area contributed by atoms with Crippen LogP contribution in [0.5, 0.6) is 0 Å². The van der Waals surface area contributed by atoms with Gasteiger partial charge in [0, 0.05) is 19.4 Å². The van der Waals surface area contributed by atoms with Crippen molar-refractivity contribution < 1.29 is 22.7 Å². The number of fused-ring (bicyclic) bond motifs is 1. The lowest BCUT2D eigenvalue weighted by Gasteiger charge is -2.17. The maximum absolute atomic E-state index is 12.4. The van der Waals surface area contributed by atoms with Gasteiger partial charge in [0.25, 0.3) is 0 Å². The number of ether oxygens (including phenoxy) is 1. The zero-order chi connectivity index (χ0) is 18.6. The molecule has 1 aliphatic carbocycles. The first kappa shape index (κ1) is 19.0. The molecular formula is C18H24N2O5S. The zero-order valence-corrected chi connectivity index (χ0v) is 15.5. The zero-order valence-electron chi connectivity index (χ0n) is 14.7. The maximum Gasteiger partial charge on any atom is 0.240 e. The number of imide groups is 1. The molecule has 1 heterocycles. The minimum atomic E-state index is -3.56. The fourth-order valence-electron chi connectivity index (χ4n) is 3.34. The van der Waals surface area contributed by atoms with Crippen molar-refractivity contribution in [2.75, 3.05) is 26.3 Å². The highest BCUT2D eigenvalue weighted by Gasteiger charge is 2.28. The SMILES string of the molecule is O=C1CCC(=O)N1CCOCCNS(=O)(=O)c1ccc2c(c1)CCCC2. The van der Waals surface area contributed by atoms with Crippen molar-refractivity contribution in [1.82, 2.24) is 9.62 Å². The van der Waals surface area contributed by atoms with Gasteiger partial charge in [-0.2, -0.15) is 0 Å². The molecule has 1 saturated heterocycles. The van der Waals surface area contributed by atoms with Gasteiger partial charge in [-0.3, -0.25) is 14.5 Å². The number of benzene rings is 1. The number of carbonyl (C=O) groups is 2. The smallest absolute Gasteiger partial charge is 0.240 e. The Labute approximate surface area is 153 Å². The van der Waals surface area contributed by atoms with Gasteiger partial charge >= 0.3 is 0 Å². The van der Waals surface area contributed by atoms with Crippen LogP contribution in [0.2, 0.25) is 0 Å². The molecule has 3 rings (SSSR count). The van der Waals surface area contributed by atoms with Crippen molar-refractivity contribution >= 4 is 21.8 Å². The Kier molecular flexibility index (Phi) is 6.05. The van der Waals surface area contributed by atoms with E-state index >= 15 is 0 Å². The third-order valence-corrected chi connectivity index (χ3v) is 6.24. The van der Waals surface area contributed by atoms with E-state index in [0.29, 0.717) is 0 Å². The fraction of sp³-hybridized carbons (Fsp3) is 0.556. The molecule has 0 atom stereocenters. The predicted molar refractivity (Wildman–Crippen MR) is 95.0 cm³/mol. The topological polar surface area (TPSA) is 92.8 Å². The van der Waals surface area contributed by atoms with Crippen molar-refractivity contribution in [3.8, 4) is 0 Å². The van der Waals surface area contributed by atoms with E-state index in [-0.39, 0.29) is 55.9 Å². The highest BCUT2D eigenvalue weighted by molar-refractivity contribution is 7.89. The van der Waals surface area contributed by atoms with Crippen LogP contribution in [0.4, 0.5) is 0 Å². The van der Waals surface area contributed by atoms with E-state index in [0.717, 1.165) is 31.2 Å². The summed E-state index contributed by atoms with van der Waals surface area (Å²) in [6.45, 7) is 0.745. The summed E-state index contributed by atoms with van der Waals surface area (Å²) in [4.78, 5) is 24.4. The average Bonchev–Trinajstić information content (AvgIpc) is 2.96. The monoisotopic (exact) mass is 380 g/mol. The average molecular weight is 380 g/mol. The Bertz CT molecular complexity index is 775. The second-order valence-electron chi connectivity index (χ2n) is 6.59. The van der Waals surface area contributed by atoms with Crippen LogP contribution < -0.4 is 4.72 Å². The molecule has 8 heteroatoms. The molecule has 0 saturated carbocycles. The van der Waals surface area contributed by atoms with Crippen molar-refractivity contribution in [3.63, 3.8) is 0 Å². The summed E-state index contributed by atoms with van der Waals surface area (Å²) in [5.74, 6) is -0.349. The molecule has 142 valence electrons. The first-order chi connectivity index (χ1) is 12.5. The number of hydrogen-bond acceptors (Lipinski definition) is 5. The molecular weight excluding hydrogens is 356 g/mol. The van der Waals surface area contributed by atoms with Crippen molar-refractivity contribution in [2.24, 2.45) is 0 Å². The number of hydrogen-bond donors (Lipinski definition) is 1. The number of likely N-dealkylation sites (tertiary alicyclic amines) is 1. The van der Waals surface area contributed by atoms with Gasteiger partial charge in [0.15, 0.2) is 0 Å². The number of rotatable bonds is 8. The third kappa shape index (κ3) is 4.49. The van der Waals surface area contributed by atoms with Gasteiger partial charge in [0.2, 0.25) is 21.8 Å².